The zero-order chi connectivity index (χ0) is 26.3. The number of carbonyl (C=O) groups excluding carboxylic acids is 3. The number of ketones is 1. The highest BCUT2D eigenvalue weighted by Crippen LogP contribution is 2.77. The molecular formula is C27H36O8. The topological polar surface area (TPSA) is 130 Å². The number of rotatable bonds is 4. The van der Waals surface area contributed by atoms with Crippen molar-refractivity contribution >= 4 is 17.7 Å². The second-order valence-corrected chi connectivity index (χ2v) is 11.3. The quantitative estimate of drug-likeness (QED) is 0.311. The van der Waals surface area contributed by atoms with Gasteiger partial charge < -0.3 is 24.8 Å². The predicted molar refractivity (Wildman–Crippen MR) is 126 cm³/mol. The normalized spacial score (nSPS) is 43.7. The number of aliphatic hydroxyl groups excluding tert-OH is 1. The molecule has 4 aliphatic carbocycles. The number of hydrogen-bond acceptors (Lipinski definition) is 8. The van der Waals surface area contributed by atoms with E-state index in [9.17, 15) is 29.7 Å². The molecule has 0 spiro atoms. The molecular weight excluding hydrogens is 452 g/mol. The van der Waals surface area contributed by atoms with Gasteiger partial charge in [0.05, 0.1) is 12.2 Å². The zero-order valence-electron chi connectivity index (χ0n) is 21.4. The largest absolute Gasteiger partial charge is 0.458 e. The van der Waals surface area contributed by atoms with E-state index in [1.807, 2.05) is 13.8 Å². The first-order valence-corrected chi connectivity index (χ1v) is 12.2. The van der Waals surface area contributed by atoms with Crippen LogP contribution >= 0.6 is 0 Å². The van der Waals surface area contributed by atoms with E-state index in [1.54, 1.807) is 45.9 Å². The summed E-state index contributed by atoms with van der Waals surface area (Å²) in [5.41, 5.74) is -4.45. The molecule has 8 nitrogen and oxygen atoms in total. The van der Waals surface area contributed by atoms with Crippen LogP contribution in [0.25, 0.3) is 0 Å². The number of fused-ring (bicyclic) bond motifs is 5. The van der Waals surface area contributed by atoms with Crippen LogP contribution in [-0.2, 0) is 23.9 Å². The van der Waals surface area contributed by atoms with E-state index < -0.39 is 76.3 Å². The standard InChI is InChI=1S/C27H36O8/c1-8-13(2)23(31)35-27-20(24(27,6)7)18-10-17(12-28)11-25(32)19(9-14(3)21(25)30)26(18,33)15(4)22(27)34-16(5)29/h8-10,15,18-20,22,28,32-33H,11-12H2,1-7H3/b13-8+/t15-,18-,19+,20+,22-,25-,26-,27-/m1/s1. The van der Waals surface area contributed by atoms with Gasteiger partial charge in [-0.1, -0.05) is 39.0 Å². The summed E-state index contributed by atoms with van der Waals surface area (Å²) < 4.78 is 12.0. The van der Waals surface area contributed by atoms with E-state index in [2.05, 4.69) is 0 Å². The van der Waals surface area contributed by atoms with Crippen LogP contribution in [-0.4, -0.2) is 62.6 Å². The Morgan fingerprint density at radius 3 is 2.37 bits per heavy atom. The maximum absolute atomic E-state index is 13.1. The molecule has 2 fully saturated rings. The van der Waals surface area contributed by atoms with E-state index in [1.165, 1.54) is 6.92 Å². The molecule has 35 heavy (non-hydrogen) atoms. The maximum Gasteiger partial charge on any atom is 0.334 e. The number of hydrogen-bond donors (Lipinski definition) is 3. The first-order valence-electron chi connectivity index (χ1n) is 12.2. The first kappa shape index (κ1) is 25.8. The second-order valence-electron chi connectivity index (χ2n) is 11.3. The number of carbonyl (C=O) groups is 3. The molecule has 0 aromatic carbocycles. The second kappa shape index (κ2) is 7.85. The highest BCUT2D eigenvalue weighted by atomic mass is 16.6. The Morgan fingerprint density at radius 2 is 1.83 bits per heavy atom. The van der Waals surface area contributed by atoms with Crippen LogP contribution in [0.1, 0.15) is 54.9 Å². The Labute approximate surface area is 205 Å². The molecule has 3 N–H and O–H groups in total. The average molecular weight is 489 g/mol. The monoisotopic (exact) mass is 488 g/mol. The lowest BCUT2D eigenvalue weighted by Gasteiger charge is -2.53. The van der Waals surface area contributed by atoms with Gasteiger partial charge in [0, 0.05) is 48.0 Å². The van der Waals surface area contributed by atoms with Crippen LogP contribution in [0.4, 0.5) is 0 Å². The first-order chi connectivity index (χ1) is 16.1. The van der Waals surface area contributed by atoms with E-state index in [0.29, 0.717) is 16.7 Å². The van der Waals surface area contributed by atoms with Crippen molar-refractivity contribution in [2.75, 3.05) is 6.61 Å². The summed E-state index contributed by atoms with van der Waals surface area (Å²) in [6.45, 7) is 11.3. The van der Waals surface area contributed by atoms with Gasteiger partial charge in [0.15, 0.2) is 11.4 Å². The van der Waals surface area contributed by atoms with E-state index >= 15 is 0 Å². The van der Waals surface area contributed by atoms with Crippen LogP contribution in [0.5, 0.6) is 0 Å². The van der Waals surface area contributed by atoms with Crippen LogP contribution in [0.2, 0.25) is 0 Å². The summed E-state index contributed by atoms with van der Waals surface area (Å²) in [6.07, 6.45) is 3.83. The maximum atomic E-state index is 13.1. The highest BCUT2D eigenvalue weighted by Gasteiger charge is 2.87. The molecule has 0 amide bonds. The summed E-state index contributed by atoms with van der Waals surface area (Å²) in [6, 6.07) is 0. The minimum absolute atomic E-state index is 0.123. The SMILES string of the molecule is C/C=C(\C)C(=O)O[C@@]12[C@H](OC(C)=O)[C@@H](C)[C@@]3(O)[C@H](C=C(CO)C[C@]4(O)C(=O)C(C)=C[C@H]34)[C@H]1C2(C)C. The van der Waals surface area contributed by atoms with Gasteiger partial charge in [0.1, 0.15) is 11.7 Å². The van der Waals surface area contributed by atoms with Gasteiger partial charge in [-0.15, -0.1) is 0 Å². The minimum atomic E-state index is -1.94. The summed E-state index contributed by atoms with van der Waals surface area (Å²) in [7, 11) is 0. The lowest BCUT2D eigenvalue weighted by molar-refractivity contribution is -0.227. The molecule has 0 unspecified atom stereocenters. The van der Waals surface area contributed by atoms with Crippen LogP contribution < -0.4 is 0 Å². The summed E-state index contributed by atoms with van der Waals surface area (Å²) in [5.74, 6) is -4.63. The predicted octanol–water partition coefficient (Wildman–Crippen LogP) is 2.02. The third-order valence-electron chi connectivity index (χ3n) is 9.27. The van der Waals surface area contributed by atoms with Crippen LogP contribution in [0.15, 0.2) is 34.9 Å². The number of ether oxygens (including phenoxy) is 2. The molecule has 0 heterocycles. The van der Waals surface area contributed by atoms with Crippen LogP contribution in [0.3, 0.4) is 0 Å². The number of Topliss-reactive ketones (excluding diaryl/α,β-unsaturated/α-hetero) is 1. The number of esters is 2. The number of allylic oxidation sites excluding steroid dienone is 1. The van der Waals surface area contributed by atoms with E-state index in [-0.39, 0.29) is 6.42 Å². The molecule has 4 rings (SSSR count). The molecule has 0 saturated heterocycles. The lowest BCUT2D eigenvalue weighted by atomic mass is 9.59. The molecule has 0 aromatic heterocycles. The van der Waals surface area contributed by atoms with E-state index in [4.69, 9.17) is 9.47 Å². The fraction of sp³-hybridized carbons (Fsp3) is 0.667. The van der Waals surface area contributed by atoms with Gasteiger partial charge in [0.2, 0.25) is 0 Å². The molecule has 192 valence electrons. The Kier molecular flexibility index (Phi) is 5.79. The molecule has 8 atom stereocenters. The van der Waals surface area contributed by atoms with Gasteiger partial charge in [-0.25, -0.2) is 4.79 Å². The summed E-state index contributed by atoms with van der Waals surface area (Å²) in [5, 5.41) is 34.3. The number of aliphatic hydroxyl groups is 3. The van der Waals surface area contributed by atoms with Crippen LogP contribution in [0, 0.1) is 29.1 Å². The van der Waals surface area contributed by atoms with Crippen molar-refractivity contribution in [3.63, 3.8) is 0 Å². The Hall–Kier alpha value is -2.29. The lowest BCUT2D eigenvalue weighted by Crippen LogP contribution is -2.66. The molecule has 8 heteroatoms. The van der Waals surface area contributed by atoms with Crippen molar-refractivity contribution in [3.8, 4) is 0 Å². The average Bonchev–Trinajstić information content (AvgIpc) is 3.21. The highest BCUT2D eigenvalue weighted by molar-refractivity contribution is 6.04. The fourth-order valence-corrected chi connectivity index (χ4v) is 7.35. The van der Waals surface area contributed by atoms with Crippen molar-refractivity contribution in [2.45, 2.75) is 77.8 Å². The van der Waals surface area contributed by atoms with Gasteiger partial charge in [-0.3, -0.25) is 9.59 Å². The summed E-state index contributed by atoms with van der Waals surface area (Å²) in [4.78, 5) is 38.4. The third-order valence-corrected chi connectivity index (χ3v) is 9.27. The molecule has 0 aromatic rings. The smallest absolute Gasteiger partial charge is 0.334 e. The minimum Gasteiger partial charge on any atom is -0.458 e. The van der Waals surface area contributed by atoms with Crippen molar-refractivity contribution in [1.82, 2.24) is 0 Å². The summed E-state index contributed by atoms with van der Waals surface area (Å²) >= 11 is 0. The molecule has 0 aliphatic heterocycles. The van der Waals surface area contributed by atoms with Gasteiger partial charge >= 0.3 is 11.9 Å². The Balaban J connectivity index is 1.96. The van der Waals surface area contributed by atoms with Crippen molar-refractivity contribution in [1.29, 1.82) is 0 Å². The van der Waals surface area contributed by atoms with Gasteiger partial charge in [0.25, 0.3) is 0 Å². The fourth-order valence-electron chi connectivity index (χ4n) is 7.35. The molecule has 0 bridgehead atoms. The molecule has 0 radical (unpaired) electrons. The van der Waals surface area contributed by atoms with Gasteiger partial charge in [-0.05, 0) is 31.9 Å². The third kappa shape index (κ3) is 3.12. The zero-order valence-corrected chi connectivity index (χ0v) is 21.4. The van der Waals surface area contributed by atoms with Crippen molar-refractivity contribution in [2.24, 2.45) is 29.1 Å². The van der Waals surface area contributed by atoms with Gasteiger partial charge in [-0.2, -0.15) is 0 Å². The molecule has 4 aliphatic rings. The van der Waals surface area contributed by atoms with E-state index in [0.717, 1.165) is 0 Å². The Morgan fingerprint density at radius 1 is 1.20 bits per heavy atom. The molecule has 2 saturated carbocycles. The van der Waals surface area contributed by atoms with Crippen molar-refractivity contribution in [3.05, 3.63) is 34.9 Å². The van der Waals surface area contributed by atoms with Crippen molar-refractivity contribution < 1.29 is 39.2 Å². The Bertz CT molecular complexity index is 1080.